The van der Waals surface area contributed by atoms with Crippen LogP contribution in [-0.2, 0) is 0 Å². The fraction of sp³-hybridized carbons (Fsp3) is 0.214. The fourth-order valence-electron chi connectivity index (χ4n) is 2.36. The SMILES string of the molecule is Cc1ccsc1C1CN=C(N)N1c1ccccc1Br. The monoisotopic (exact) mass is 335 g/mol. The van der Waals surface area contributed by atoms with Crippen LogP contribution in [0.25, 0.3) is 0 Å². The molecule has 1 atom stereocenters. The van der Waals surface area contributed by atoms with Gasteiger partial charge in [-0.1, -0.05) is 12.1 Å². The van der Waals surface area contributed by atoms with Gasteiger partial charge in [-0.2, -0.15) is 0 Å². The predicted molar refractivity (Wildman–Crippen MR) is 84.9 cm³/mol. The van der Waals surface area contributed by atoms with E-state index < -0.39 is 0 Å². The Morgan fingerprint density at radius 1 is 1.37 bits per heavy atom. The fourth-order valence-corrected chi connectivity index (χ4v) is 3.85. The van der Waals surface area contributed by atoms with Crippen LogP contribution in [0.1, 0.15) is 16.5 Å². The lowest BCUT2D eigenvalue weighted by atomic mass is 10.1. The maximum absolute atomic E-state index is 6.09. The molecule has 0 fully saturated rings. The van der Waals surface area contributed by atoms with E-state index in [1.54, 1.807) is 11.3 Å². The topological polar surface area (TPSA) is 41.6 Å². The molecule has 0 bridgehead atoms. The van der Waals surface area contributed by atoms with Crippen molar-refractivity contribution in [2.24, 2.45) is 10.7 Å². The Morgan fingerprint density at radius 2 is 2.16 bits per heavy atom. The maximum atomic E-state index is 6.09. The number of guanidine groups is 1. The summed E-state index contributed by atoms with van der Waals surface area (Å²) in [5.41, 5.74) is 8.46. The first-order chi connectivity index (χ1) is 9.18. The zero-order chi connectivity index (χ0) is 13.4. The Hall–Kier alpha value is -1.33. The molecule has 3 rings (SSSR count). The van der Waals surface area contributed by atoms with E-state index in [1.807, 2.05) is 18.2 Å². The second-order valence-corrected chi connectivity index (χ2v) is 6.31. The van der Waals surface area contributed by atoms with Crippen molar-refractivity contribution in [1.29, 1.82) is 0 Å². The van der Waals surface area contributed by atoms with Crippen LogP contribution >= 0.6 is 27.3 Å². The second kappa shape index (κ2) is 4.98. The first-order valence-corrected chi connectivity index (χ1v) is 7.73. The van der Waals surface area contributed by atoms with E-state index >= 15 is 0 Å². The summed E-state index contributed by atoms with van der Waals surface area (Å²) in [7, 11) is 0. The number of rotatable bonds is 2. The normalized spacial score (nSPS) is 18.7. The molecule has 1 aromatic carbocycles. The Labute approximate surface area is 124 Å². The number of aliphatic imine (C=N–C) groups is 1. The molecule has 2 aromatic rings. The quantitative estimate of drug-likeness (QED) is 0.909. The molecular formula is C14H14BrN3S. The standard InChI is InChI=1S/C14H14BrN3S/c1-9-6-7-19-13(9)12-8-17-14(16)18(12)11-5-3-2-4-10(11)15/h2-7,12H,8H2,1H3,(H2,16,17). The third kappa shape index (κ3) is 2.17. The highest BCUT2D eigenvalue weighted by Gasteiger charge is 2.31. The lowest BCUT2D eigenvalue weighted by Gasteiger charge is -2.27. The summed E-state index contributed by atoms with van der Waals surface area (Å²) in [5, 5.41) is 2.12. The Morgan fingerprint density at radius 3 is 2.84 bits per heavy atom. The lowest BCUT2D eigenvalue weighted by Crippen LogP contribution is -2.36. The molecule has 0 saturated carbocycles. The van der Waals surface area contributed by atoms with Crippen LogP contribution in [0.15, 0.2) is 45.2 Å². The molecule has 1 aliphatic rings. The average Bonchev–Trinajstić information content (AvgIpc) is 2.96. The minimum absolute atomic E-state index is 0.207. The van der Waals surface area contributed by atoms with Gasteiger partial charge in [0.15, 0.2) is 5.96 Å². The van der Waals surface area contributed by atoms with Gasteiger partial charge < -0.3 is 10.6 Å². The summed E-state index contributed by atoms with van der Waals surface area (Å²) in [4.78, 5) is 7.87. The Balaban J connectivity index is 2.05. The number of anilines is 1. The van der Waals surface area contributed by atoms with Crippen LogP contribution in [-0.4, -0.2) is 12.5 Å². The van der Waals surface area contributed by atoms with Gasteiger partial charge in [-0.05, 0) is 52.0 Å². The highest BCUT2D eigenvalue weighted by molar-refractivity contribution is 9.10. The molecule has 2 heterocycles. The molecular weight excluding hydrogens is 322 g/mol. The third-order valence-corrected chi connectivity index (χ3v) is 5.09. The van der Waals surface area contributed by atoms with Gasteiger partial charge in [0.1, 0.15) is 0 Å². The van der Waals surface area contributed by atoms with Gasteiger partial charge in [0.2, 0.25) is 0 Å². The number of thiophene rings is 1. The average molecular weight is 336 g/mol. The molecule has 0 aliphatic carbocycles. The van der Waals surface area contributed by atoms with Gasteiger partial charge in [0.25, 0.3) is 0 Å². The molecule has 2 N–H and O–H groups in total. The van der Waals surface area contributed by atoms with Crippen molar-refractivity contribution in [3.63, 3.8) is 0 Å². The number of nitrogens with zero attached hydrogens (tertiary/aromatic N) is 2. The molecule has 1 aliphatic heterocycles. The number of halogens is 1. The van der Waals surface area contributed by atoms with Gasteiger partial charge in [0.05, 0.1) is 18.3 Å². The predicted octanol–water partition coefficient (Wildman–Crippen LogP) is 3.70. The first kappa shape index (κ1) is 12.7. The number of hydrogen-bond donors (Lipinski definition) is 1. The molecule has 0 amide bonds. The van der Waals surface area contributed by atoms with Gasteiger partial charge >= 0.3 is 0 Å². The van der Waals surface area contributed by atoms with E-state index in [9.17, 15) is 0 Å². The molecule has 1 aromatic heterocycles. The van der Waals surface area contributed by atoms with Gasteiger partial charge in [-0.3, -0.25) is 4.99 Å². The van der Waals surface area contributed by atoms with Gasteiger partial charge in [-0.15, -0.1) is 11.3 Å². The Kier molecular flexibility index (Phi) is 3.33. The highest BCUT2D eigenvalue weighted by Crippen LogP contribution is 2.38. The summed E-state index contributed by atoms with van der Waals surface area (Å²) >= 11 is 5.36. The highest BCUT2D eigenvalue weighted by atomic mass is 79.9. The minimum atomic E-state index is 0.207. The molecule has 0 spiro atoms. The lowest BCUT2D eigenvalue weighted by molar-refractivity contribution is 0.778. The van der Waals surface area contributed by atoms with Crippen molar-refractivity contribution < 1.29 is 0 Å². The molecule has 1 unspecified atom stereocenters. The molecule has 98 valence electrons. The van der Waals surface area contributed by atoms with Crippen molar-refractivity contribution >= 4 is 38.9 Å². The molecule has 19 heavy (non-hydrogen) atoms. The summed E-state index contributed by atoms with van der Waals surface area (Å²) in [5.74, 6) is 0.588. The number of benzene rings is 1. The second-order valence-electron chi connectivity index (χ2n) is 4.50. The van der Waals surface area contributed by atoms with Crippen molar-refractivity contribution in [3.8, 4) is 0 Å². The zero-order valence-corrected chi connectivity index (χ0v) is 12.9. The van der Waals surface area contributed by atoms with E-state index in [1.165, 1.54) is 10.4 Å². The minimum Gasteiger partial charge on any atom is -0.369 e. The zero-order valence-electron chi connectivity index (χ0n) is 10.5. The molecule has 3 nitrogen and oxygen atoms in total. The summed E-state index contributed by atoms with van der Waals surface area (Å²) < 4.78 is 1.04. The van der Waals surface area contributed by atoms with Crippen LogP contribution in [0, 0.1) is 6.92 Å². The summed E-state index contributed by atoms with van der Waals surface area (Å²) in [6, 6.07) is 10.5. The molecule has 0 saturated heterocycles. The van der Waals surface area contributed by atoms with E-state index in [4.69, 9.17) is 5.73 Å². The Bertz CT molecular complexity index is 635. The van der Waals surface area contributed by atoms with E-state index in [0.29, 0.717) is 12.5 Å². The van der Waals surface area contributed by atoms with Gasteiger partial charge in [0, 0.05) is 9.35 Å². The van der Waals surface area contributed by atoms with Crippen molar-refractivity contribution in [3.05, 3.63) is 50.6 Å². The molecule has 0 radical (unpaired) electrons. The van der Waals surface area contributed by atoms with Crippen LogP contribution in [0.4, 0.5) is 5.69 Å². The number of para-hydroxylation sites is 1. The first-order valence-electron chi connectivity index (χ1n) is 6.06. The van der Waals surface area contributed by atoms with Crippen LogP contribution in [0.5, 0.6) is 0 Å². The van der Waals surface area contributed by atoms with E-state index in [2.05, 4.69) is 50.3 Å². The van der Waals surface area contributed by atoms with Crippen molar-refractivity contribution in [2.75, 3.05) is 11.4 Å². The third-order valence-electron chi connectivity index (χ3n) is 3.30. The largest absolute Gasteiger partial charge is 0.369 e. The van der Waals surface area contributed by atoms with Crippen molar-refractivity contribution in [2.45, 2.75) is 13.0 Å². The van der Waals surface area contributed by atoms with Crippen LogP contribution < -0.4 is 10.6 Å². The molecule has 5 heteroatoms. The van der Waals surface area contributed by atoms with Crippen molar-refractivity contribution in [1.82, 2.24) is 0 Å². The summed E-state index contributed by atoms with van der Waals surface area (Å²) in [6.07, 6.45) is 0. The summed E-state index contributed by atoms with van der Waals surface area (Å²) in [6.45, 7) is 2.85. The number of aryl methyl sites for hydroxylation is 1. The smallest absolute Gasteiger partial charge is 0.196 e. The van der Waals surface area contributed by atoms with Gasteiger partial charge in [-0.25, -0.2) is 0 Å². The van der Waals surface area contributed by atoms with E-state index in [0.717, 1.165) is 10.2 Å². The van der Waals surface area contributed by atoms with E-state index in [-0.39, 0.29) is 6.04 Å². The maximum Gasteiger partial charge on any atom is 0.196 e. The van der Waals surface area contributed by atoms with Crippen LogP contribution in [0.3, 0.4) is 0 Å². The number of hydrogen-bond acceptors (Lipinski definition) is 4. The van der Waals surface area contributed by atoms with Crippen LogP contribution in [0.2, 0.25) is 0 Å². The number of nitrogens with two attached hydrogens (primary N) is 1.